The highest BCUT2D eigenvalue weighted by atomic mass is 16.3. The van der Waals surface area contributed by atoms with Crippen LogP contribution in [0.3, 0.4) is 0 Å². The predicted octanol–water partition coefficient (Wildman–Crippen LogP) is 2.80. The molecule has 0 fully saturated rings. The second-order valence-corrected chi connectivity index (χ2v) is 6.48. The van der Waals surface area contributed by atoms with Gasteiger partial charge >= 0.3 is 0 Å². The van der Waals surface area contributed by atoms with Gasteiger partial charge in [0, 0.05) is 29.7 Å². The van der Waals surface area contributed by atoms with Crippen LogP contribution in [-0.4, -0.2) is 38.2 Å². The molecule has 0 spiro atoms. The Morgan fingerprint density at radius 1 is 0.960 bits per heavy atom. The van der Waals surface area contributed by atoms with E-state index in [4.69, 9.17) is 10.8 Å². The zero-order chi connectivity index (χ0) is 19.0. The van der Waals surface area contributed by atoms with E-state index in [1.807, 2.05) is 26.0 Å². The summed E-state index contributed by atoms with van der Waals surface area (Å²) in [5.41, 5.74) is 8.44. The number of aliphatic hydroxyl groups is 1. The third kappa shape index (κ3) is 7.43. The standard InChI is InChI=1S/C10H17N3O.C8H13N3/c1-7(2)9-6-10(11-4-5-14)13-8(3)12-9;1-5(2)7-4-6(3)10-8(9)11-7/h6-7,14H,4-5H2,1-3H3,(H,11,12,13);4-5H,1-3H3,(H2,9,10,11). The summed E-state index contributed by atoms with van der Waals surface area (Å²) in [7, 11) is 0. The Kier molecular flexibility index (Phi) is 8.21. The van der Waals surface area contributed by atoms with Crippen molar-refractivity contribution >= 4 is 11.8 Å². The van der Waals surface area contributed by atoms with Crippen molar-refractivity contribution in [1.29, 1.82) is 0 Å². The smallest absolute Gasteiger partial charge is 0.220 e. The third-order valence-electron chi connectivity index (χ3n) is 3.35. The first-order valence-corrected chi connectivity index (χ1v) is 8.54. The summed E-state index contributed by atoms with van der Waals surface area (Å²) >= 11 is 0. The highest BCUT2D eigenvalue weighted by molar-refractivity contribution is 5.36. The lowest BCUT2D eigenvalue weighted by atomic mass is 10.1. The molecule has 2 rings (SSSR count). The number of aliphatic hydroxyl groups excluding tert-OH is 1. The first-order chi connectivity index (χ1) is 11.7. The Labute approximate surface area is 150 Å². The maximum atomic E-state index is 8.67. The molecular formula is C18H30N6O. The van der Waals surface area contributed by atoms with Crippen LogP contribution in [0, 0.1) is 13.8 Å². The number of hydrogen-bond acceptors (Lipinski definition) is 7. The summed E-state index contributed by atoms with van der Waals surface area (Å²) in [5.74, 6) is 2.73. The molecule has 2 aromatic heterocycles. The molecule has 25 heavy (non-hydrogen) atoms. The van der Waals surface area contributed by atoms with Gasteiger partial charge in [0.25, 0.3) is 0 Å². The van der Waals surface area contributed by atoms with Crippen LogP contribution in [0.15, 0.2) is 12.1 Å². The monoisotopic (exact) mass is 346 g/mol. The Balaban J connectivity index is 0.000000257. The molecule has 7 nitrogen and oxygen atoms in total. The number of hydrogen-bond donors (Lipinski definition) is 3. The molecule has 7 heteroatoms. The second-order valence-electron chi connectivity index (χ2n) is 6.48. The lowest BCUT2D eigenvalue weighted by Crippen LogP contribution is -2.09. The number of nitrogens with zero attached hydrogens (tertiary/aromatic N) is 4. The fourth-order valence-corrected chi connectivity index (χ4v) is 2.07. The highest BCUT2D eigenvalue weighted by Gasteiger charge is 2.04. The van der Waals surface area contributed by atoms with Gasteiger partial charge in [0.2, 0.25) is 5.95 Å². The number of nitrogens with two attached hydrogens (primary N) is 1. The van der Waals surface area contributed by atoms with Crippen LogP contribution in [0.1, 0.15) is 62.4 Å². The molecule has 0 saturated carbocycles. The van der Waals surface area contributed by atoms with Crippen molar-refractivity contribution in [3.8, 4) is 0 Å². The van der Waals surface area contributed by atoms with E-state index in [-0.39, 0.29) is 6.61 Å². The van der Waals surface area contributed by atoms with E-state index in [1.165, 1.54) is 0 Å². The average Bonchev–Trinajstić information content (AvgIpc) is 2.52. The van der Waals surface area contributed by atoms with Gasteiger partial charge in [0.1, 0.15) is 11.6 Å². The molecule has 0 radical (unpaired) electrons. The van der Waals surface area contributed by atoms with Gasteiger partial charge in [-0.05, 0) is 31.7 Å². The maximum Gasteiger partial charge on any atom is 0.220 e. The van der Waals surface area contributed by atoms with E-state index in [1.54, 1.807) is 0 Å². The Hall–Kier alpha value is -2.28. The summed E-state index contributed by atoms with van der Waals surface area (Å²) in [4.78, 5) is 16.6. The van der Waals surface area contributed by atoms with Crippen molar-refractivity contribution in [2.45, 2.75) is 53.4 Å². The summed E-state index contributed by atoms with van der Waals surface area (Å²) in [5, 5.41) is 11.7. The van der Waals surface area contributed by atoms with Gasteiger partial charge in [-0.15, -0.1) is 0 Å². The van der Waals surface area contributed by atoms with Crippen molar-refractivity contribution in [1.82, 2.24) is 19.9 Å². The average molecular weight is 346 g/mol. The number of aromatic nitrogens is 4. The van der Waals surface area contributed by atoms with Gasteiger partial charge in [-0.2, -0.15) is 0 Å². The quantitative estimate of drug-likeness (QED) is 0.763. The molecule has 2 heterocycles. The van der Waals surface area contributed by atoms with E-state index in [0.29, 0.717) is 24.3 Å². The molecule has 0 saturated heterocycles. The van der Waals surface area contributed by atoms with Crippen molar-refractivity contribution in [2.24, 2.45) is 0 Å². The highest BCUT2D eigenvalue weighted by Crippen LogP contribution is 2.15. The molecular weight excluding hydrogens is 316 g/mol. The van der Waals surface area contributed by atoms with Gasteiger partial charge in [0.05, 0.1) is 6.61 Å². The number of nitrogen functional groups attached to an aromatic ring is 1. The van der Waals surface area contributed by atoms with Gasteiger partial charge in [-0.1, -0.05) is 27.7 Å². The molecule has 0 aliphatic carbocycles. The lowest BCUT2D eigenvalue weighted by molar-refractivity contribution is 0.311. The van der Waals surface area contributed by atoms with Crippen LogP contribution >= 0.6 is 0 Å². The van der Waals surface area contributed by atoms with E-state index in [2.05, 4.69) is 52.9 Å². The minimum absolute atomic E-state index is 0.111. The maximum absolute atomic E-state index is 8.67. The van der Waals surface area contributed by atoms with Crippen molar-refractivity contribution in [3.63, 3.8) is 0 Å². The van der Waals surface area contributed by atoms with E-state index < -0.39 is 0 Å². The van der Waals surface area contributed by atoms with Crippen LogP contribution in [-0.2, 0) is 0 Å². The fourth-order valence-electron chi connectivity index (χ4n) is 2.07. The van der Waals surface area contributed by atoms with Gasteiger partial charge in [0.15, 0.2) is 0 Å². The molecule has 138 valence electrons. The molecule has 4 N–H and O–H groups in total. The first-order valence-electron chi connectivity index (χ1n) is 8.54. The zero-order valence-corrected chi connectivity index (χ0v) is 16.0. The van der Waals surface area contributed by atoms with Gasteiger partial charge in [-0.25, -0.2) is 19.9 Å². The lowest BCUT2D eigenvalue weighted by Gasteiger charge is -2.09. The summed E-state index contributed by atoms with van der Waals surface area (Å²) in [6, 6.07) is 3.88. The zero-order valence-electron chi connectivity index (χ0n) is 16.0. The molecule has 0 bridgehead atoms. The SMILES string of the molecule is Cc1cc(C(C)C)nc(N)n1.Cc1nc(NCCO)cc(C(C)C)n1. The van der Waals surface area contributed by atoms with E-state index in [9.17, 15) is 0 Å². The molecule has 0 unspecified atom stereocenters. The van der Waals surface area contributed by atoms with E-state index in [0.717, 1.165) is 28.7 Å². The van der Waals surface area contributed by atoms with Crippen LogP contribution in [0.2, 0.25) is 0 Å². The molecule has 0 amide bonds. The van der Waals surface area contributed by atoms with Crippen LogP contribution in [0.4, 0.5) is 11.8 Å². The van der Waals surface area contributed by atoms with Crippen LogP contribution < -0.4 is 11.1 Å². The Bertz CT molecular complexity index is 652. The largest absolute Gasteiger partial charge is 0.395 e. The summed E-state index contributed by atoms with van der Waals surface area (Å²) < 4.78 is 0. The molecule has 2 aromatic rings. The number of anilines is 2. The minimum atomic E-state index is 0.111. The van der Waals surface area contributed by atoms with Crippen LogP contribution in [0.25, 0.3) is 0 Å². The number of aryl methyl sites for hydroxylation is 2. The molecule has 0 aromatic carbocycles. The normalized spacial score (nSPS) is 10.6. The minimum Gasteiger partial charge on any atom is -0.395 e. The summed E-state index contributed by atoms with van der Waals surface area (Å²) in [6.45, 7) is 12.8. The summed E-state index contributed by atoms with van der Waals surface area (Å²) in [6.07, 6.45) is 0. The van der Waals surface area contributed by atoms with Gasteiger partial charge < -0.3 is 16.2 Å². The fraction of sp³-hybridized carbons (Fsp3) is 0.556. The number of rotatable bonds is 5. The first kappa shape index (κ1) is 20.8. The predicted molar refractivity (Wildman–Crippen MR) is 102 cm³/mol. The molecule has 0 atom stereocenters. The van der Waals surface area contributed by atoms with Gasteiger partial charge in [-0.3, -0.25) is 0 Å². The Morgan fingerprint density at radius 2 is 1.56 bits per heavy atom. The molecule has 0 aliphatic rings. The van der Waals surface area contributed by atoms with Crippen molar-refractivity contribution in [3.05, 3.63) is 35.0 Å². The van der Waals surface area contributed by atoms with Crippen molar-refractivity contribution in [2.75, 3.05) is 24.2 Å². The second kappa shape index (κ2) is 9.88. The third-order valence-corrected chi connectivity index (χ3v) is 3.35. The van der Waals surface area contributed by atoms with Crippen LogP contribution in [0.5, 0.6) is 0 Å². The van der Waals surface area contributed by atoms with Crippen molar-refractivity contribution < 1.29 is 5.11 Å². The van der Waals surface area contributed by atoms with E-state index >= 15 is 0 Å². The Morgan fingerprint density at radius 3 is 2.08 bits per heavy atom. The number of nitrogens with one attached hydrogen (secondary N) is 1. The molecule has 0 aliphatic heterocycles. The topological polar surface area (TPSA) is 110 Å².